The van der Waals surface area contributed by atoms with E-state index in [2.05, 4.69) is 57.3 Å². The summed E-state index contributed by atoms with van der Waals surface area (Å²) < 4.78 is 6.07. The maximum absolute atomic E-state index is 11.5. The molecule has 0 rings (SSSR count). The minimum Gasteiger partial charge on any atom is -0.370 e. The number of ether oxygens (including phenoxy) is 1. The van der Waals surface area contributed by atoms with Crippen molar-refractivity contribution in [1.82, 2.24) is 16.0 Å². The SMILES string of the molecule is CC(C)C#CCNC(=O)NCCCCOCSSCCN[C@@H](C)I. The molecule has 0 aliphatic rings. The fraction of sp³-hybridized carbons (Fsp3) is 0.812. The Morgan fingerprint density at radius 3 is 2.67 bits per heavy atom. The number of hydrogen-bond acceptors (Lipinski definition) is 5. The van der Waals surface area contributed by atoms with Crippen LogP contribution in [0.2, 0.25) is 0 Å². The number of urea groups is 1. The number of hydrogen-bond donors (Lipinski definition) is 3. The lowest BCUT2D eigenvalue weighted by molar-refractivity contribution is 0.178. The molecule has 0 radical (unpaired) electrons. The van der Waals surface area contributed by atoms with E-state index in [-0.39, 0.29) is 6.03 Å². The van der Waals surface area contributed by atoms with Crippen LogP contribution >= 0.6 is 44.2 Å². The van der Waals surface area contributed by atoms with Gasteiger partial charge in [-0.1, -0.05) is 69.9 Å². The van der Waals surface area contributed by atoms with E-state index in [9.17, 15) is 4.79 Å². The van der Waals surface area contributed by atoms with Crippen molar-refractivity contribution in [3.05, 3.63) is 0 Å². The van der Waals surface area contributed by atoms with Crippen LogP contribution in [0.1, 0.15) is 33.6 Å². The Kier molecular flexibility index (Phi) is 18.1. The Bertz CT molecular complexity index is 374. The van der Waals surface area contributed by atoms with Crippen molar-refractivity contribution < 1.29 is 9.53 Å². The molecule has 0 bridgehead atoms. The first-order valence-corrected chi connectivity index (χ1v) is 12.0. The number of alkyl halides is 1. The summed E-state index contributed by atoms with van der Waals surface area (Å²) in [5, 5.41) is 8.89. The van der Waals surface area contributed by atoms with E-state index in [1.807, 2.05) is 24.6 Å². The van der Waals surface area contributed by atoms with Crippen LogP contribution in [0.3, 0.4) is 0 Å². The Hall–Kier alpha value is 0.180. The lowest BCUT2D eigenvalue weighted by Crippen LogP contribution is -2.36. The fourth-order valence-corrected chi connectivity index (χ4v) is 3.35. The standard InChI is InChI=1S/C16H30IN3O2S2/c1-14(2)7-6-9-20-16(21)19-8-4-5-11-22-13-24-23-12-10-18-15(3)17/h14-15,18H,4-5,8-13H2,1-3H3,(H2,19,20,21)/t15-/m0/s1. The van der Waals surface area contributed by atoms with E-state index >= 15 is 0 Å². The topological polar surface area (TPSA) is 62.4 Å². The van der Waals surface area contributed by atoms with E-state index in [1.54, 1.807) is 10.8 Å². The minimum atomic E-state index is -0.157. The maximum atomic E-state index is 11.5. The average Bonchev–Trinajstić information content (AvgIpc) is 2.52. The van der Waals surface area contributed by atoms with Gasteiger partial charge in [-0.3, -0.25) is 0 Å². The van der Waals surface area contributed by atoms with Gasteiger partial charge < -0.3 is 20.7 Å². The molecule has 0 heterocycles. The summed E-state index contributed by atoms with van der Waals surface area (Å²) >= 11 is 2.36. The number of nitrogens with one attached hydrogen (secondary N) is 3. The molecule has 0 unspecified atom stereocenters. The largest absolute Gasteiger partial charge is 0.370 e. The molecule has 0 aromatic carbocycles. The van der Waals surface area contributed by atoms with Crippen molar-refractivity contribution in [2.45, 2.75) is 37.7 Å². The molecule has 0 aliphatic heterocycles. The smallest absolute Gasteiger partial charge is 0.315 e. The molecule has 2 amide bonds. The van der Waals surface area contributed by atoms with Crippen molar-refractivity contribution in [1.29, 1.82) is 0 Å². The summed E-state index contributed by atoms with van der Waals surface area (Å²) in [4.78, 5) is 11.5. The van der Waals surface area contributed by atoms with E-state index in [0.717, 1.165) is 31.7 Å². The second-order valence-corrected chi connectivity index (χ2v) is 9.73. The molecule has 1 atom stereocenters. The first kappa shape index (κ1) is 24.2. The zero-order valence-electron chi connectivity index (χ0n) is 14.8. The molecule has 0 saturated carbocycles. The van der Waals surface area contributed by atoms with Crippen LogP contribution in [0.5, 0.6) is 0 Å². The van der Waals surface area contributed by atoms with Crippen LogP contribution in [0.25, 0.3) is 0 Å². The molecule has 0 fully saturated rings. The highest BCUT2D eigenvalue weighted by molar-refractivity contribution is 14.1. The first-order valence-electron chi connectivity index (χ1n) is 8.22. The summed E-state index contributed by atoms with van der Waals surface area (Å²) in [6.07, 6.45) is 1.87. The Balaban J connectivity index is 3.22. The van der Waals surface area contributed by atoms with E-state index in [1.165, 1.54) is 0 Å². The Morgan fingerprint density at radius 1 is 1.17 bits per heavy atom. The zero-order valence-corrected chi connectivity index (χ0v) is 18.6. The summed E-state index contributed by atoms with van der Waals surface area (Å²) in [6, 6.07) is -0.157. The average molecular weight is 487 g/mol. The van der Waals surface area contributed by atoms with Gasteiger partial charge in [0, 0.05) is 31.4 Å². The summed E-state index contributed by atoms with van der Waals surface area (Å²) in [7, 11) is 3.57. The normalized spacial score (nSPS) is 11.7. The zero-order chi connectivity index (χ0) is 18.0. The molecule has 5 nitrogen and oxygen atoms in total. The van der Waals surface area contributed by atoms with Crippen LogP contribution in [0.15, 0.2) is 0 Å². The maximum Gasteiger partial charge on any atom is 0.315 e. The third kappa shape index (κ3) is 20.2. The van der Waals surface area contributed by atoms with Gasteiger partial charge in [-0.05, 0) is 19.8 Å². The fourth-order valence-electron chi connectivity index (χ4n) is 1.46. The quantitative estimate of drug-likeness (QED) is 0.0707. The van der Waals surface area contributed by atoms with Crippen molar-refractivity contribution in [3.8, 4) is 11.8 Å². The predicted molar refractivity (Wildman–Crippen MR) is 116 cm³/mol. The molecule has 24 heavy (non-hydrogen) atoms. The van der Waals surface area contributed by atoms with Gasteiger partial charge in [0.1, 0.15) is 5.94 Å². The lowest BCUT2D eigenvalue weighted by Gasteiger charge is -2.07. The van der Waals surface area contributed by atoms with Gasteiger partial charge in [0.2, 0.25) is 0 Å². The van der Waals surface area contributed by atoms with Crippen LogP contribution in [-0.2, 0) is 4.74 Å². The first-order chi connectivity index (χ1) is 11.5. The monoisotopic (exact) mass is 487 g/mol. The molecule has 3 N–H and O–H groups in total. The van der Waals surface area contributed by atoms with Gasteiger partial charge >= 0.3 is 6.03 Å². The van der Waals surface area contributed by atoms with Crippen LogP contribution in [0.4, 0.5) is 4.79 Å². The van der Waals surface area contributed by atoms with Gasteiger partial charge in [0.25, 0.3) is 0 Å². The van der Waals surface area contributed by atoms with Gasteiger partial charge in [0.15, 0.2) is 0 Å². The summed E-state index contributed by atoms with van der Waals surface area (Å²) in [5.74, 6) is 8.05. The molecule has 0 spiro atoms. The predicted octanol–water partition coefficient (Wildman–Crippen LogP) is 3.45. The van der Waals surface area contributed by atoms with E-state index < -0.39 is 0 Å². The highest BCUT2D eigenvalue weighted by Gasteiger charge is 1.98. The minimum absolute atomic E-state index is 0.157. The van der Waals surface area contributed by atoms with Crippen molar-refractivity contribution in [2.75, 3.05) is 37.9 Å². The van der Waals surface area contributed by atoms with E-state index in [4.69, 9.17) is 4.74 Å². The van der Waals surface area contributed by atoms with Crippen LogP contribution in [0, 0.1) is 17.8 Å². The molecular weight excluding hydrogens is 457 g/mol. The van der Waals surface area contributed by atoms with Crippen molar-refractivity contribution in [3.63, 3.8) is 0 Å². The van der Waals surface area contributed by atoms with Gasteiger partial charge in [-0.25, -0.2) is 4.79 Å². The molecule has 0 aromatic heterocycles. The number of rotatable bonds is 13. The molecule has 140 valence electrons. The Labute approximate surface area is 168 Å². The second-order valence-electron chi connectivity index (χ2n) is 5.33. The molecule has 8 heteroatoms. The van der Waals surface area contributed by atoms with Crippen molar-refractivity contribution >= 4 is 50.2 Å². The Morgan fingerprint density at radius 2 is 1.96 bits per heavy atom. The van der Waals surface area contributed by atoms with Crippen LogP contribution < -0.4 is 16.0 Å². The number of amides is 2. The summed E-state index contributed by atoms with van der Waals surface area (Å²) in [5.41, 5.74) is 0. The molecule has 0 saturated heterocycles. The second kappa shape index (κ2) is 18.0. The number of unbranched alkanes of at least 4 members (excludes halogenated alkanes) is 1. The van der Waals surface area contributed by atoms with E-state index in [0.29, 0.717) is 29.0 Å². The number of carbonyl (C=O) groups excluding carboxylic acids is 1. The molecule has 0 aliphatic carbocycles. The van der Waals surface area contributed by atoms with Gasteiger partial charge in [0.05, 0.1) is 10.6 Å². The van der Waals surface area contributed by atoms with Gasteiger partial charge in [-0.2, -0.15) is 0 Å². The third-order valence-electron chi connectivity index (χ3n) is 2.55. The van der Waals surface area contributed by atoms with Crippen LogP contribution in [-0.4, -0.2) is 48.0 Å². The third-order valence-corrected chi connectivity index (χ3v) is 5.08. The number of halogens is 1. The van der Waals surface area contributed by atoms with Gasteiger partial charge in [-0.15, -0.1) is 0 Å². The highest BCUT2D eigenvalue weighted by atomic mass is 127. The molecule has 0 aromatic rings. The lowest BCUT2D eigenvalue weighted by atomic mass is 10.2. The highest BCUT2D eigenvalue weighted by Crippen LogP contribution is 2.20. The molecular formula is C16H30IN3O2S2. The number of carbonyl (C=O) groups is 1. The van der Waals surface area contributed by atoms with Crippen molar-refractivity contribution in [2.24, 2.45) is 5.92 Å². The summed E-state index contributed by atoms with van der Waals surface area (Å²) in [6.45, 7) is 9.01.